The van der Waals surface area contributed by atoms with Crippen LogP contribution in [0.3, 0.4) is 0 Å². The zero-order valence-corrected chi connectivity index (χ0v) is 9.98. The molecule has 0 saturated carbocycles. The van der Waals surface area contributed by atoms with Crippen LogP contribution in [-0.2, 0) is 6.42 Å². The van der Waals surface area contributed by atoms with E-state index in [2.05, 4.69) is 54.3 Å². The SMILES string of the molecule is CN(C)CCCc1nccc2ccccc12. The Balaban J connectivity index is 2.17. The monoisotopic (exact) mass is 214 g/mol. The van der Waals surface area contributed by atoms with Crippen LogP contribution in [-0.4, -0.2) is 30.5 Å². The predicted octanol–water partition coefficient (Wildman–Crippen LogP) is 2.73. The van der Waals surface area contributed by atoms with Gasteiger partial charge in [0.05, 0.1) is 0 Å². The summed E-state index contributed by atoms with van der Waals surface area (Å²) in [5.41, 5.74) is 1.22. The molecular weight excluding hydrogens is 196 g/mol. The van der Waals surface area contributed by atoms with Gasteiger partial charge in [0.25, 0.3) is 0 Å². The van der Waals surface area contributed by atoms with E-state index in [4.69, 9.17) is 0 Å². The van der Waals surface area contributed by atoms with Gasteiger partial charge in [-0.05, 0) is 44.9 Å². The third kappa shape index (κ3) is 2.58. The number of rotatable bonds is 4. The molecule has 0 saturated heterocycles. The van der Waals surface area contributed by atoms with Gasteiger partial charge in [-0.1, -0.05) is 24.3 Å². The molecule has 0 radical (unpaired) electrons. The summed E-state index contributed by atoms with van der Waals surface area (Å²) in [5.74, 6) is 0. The molecule has 0 aliphatic rings. The van der Waals surface area contributed by atoms with E-state index < -0.39 is 0 Å². The minimum Gasteiger partial charge on any atom is -0.309 e. The first-order valence-electron chi connectivity index (χ1n) is 5.75. The van der Waals surface area contributed by atoms with E-state index >= 15 is 0 Å². The lowest BCUT2D eigenvalue weighted by atomic mass is 10.1. The van der Waals surface area contributed by atoms with Gasteiger partial charge in [-0.2, -0.15) is 0 Å². The standard InChI is InChI=1S/C14H18N2/c1-16(2)11-5-8-14-13-7-4-3-6-12(13)9-10-15-14/h3-4,6-7,9-10H,5,8,11H2,1-2H3. The van der Waals surface area contributed by atoms with Crippen molar-refractivity contribution in [2.24, 2.45) is 0 Å². The Morgan fingerprint density at radius 2 is 1.94 bits per heavy atom. The van der Waals surface area contributed by atoms with Crippen LogP contribution in [0, 0.1) is 0 Å². The van der Waals surface area contributed by atoms with Crippen molar-refractivity contribution < 1.29 is 0 Å². The van der Waals surface area contributed by atoms with Crippen molar-refractivity contribution in [2.75, 3.05) is 20.6 Å². The van der Waals surface area contributed by atoms with Crippen molar-refractivity contribution in [1.29, 1.82) is 0 Å². The van der Waals surface area contributed by atoms with Gasteiger partial charge in [-0.15, -0.1) is 0 Å². The van der Waals surface area contributed by atoms with Crippen LogP contribution in [0.1, 0.15) is 12.1 Å². The van der Waals surface area contributed by atoms with Crippen LogP contribution >= 0.6 is 0 Å². The summed E-state index contributed by atoms with van der Waals surface area (Å²) in [5, 5.41) is 2.58. The molecule has 2 heteroatoms. The fourth-order valence-electron chi connectivity index (χ4n) is 1.94. The van der Waals surface area contributed by atoms with Crippen molar-refractivity contribution in [2.45, 2.75) is 12.8 Å². The summed E-state index contributed by atoms with van der Waals surface area (Å²) < 4.78 is 0. The molecule has 0 N–H and O–H groups in total. The zero-order valence-electron chi connectivity index (χ0n) is 9.98. The van der Waals surface area contributed by atoms with Crippen LogP contribution in [0.5, 0.6) is 0 Å². The van der Waals surface area contributed by atoms with Crippen LogP contribution in [0.25, 0.3) is 10.8 Å². The highest BCUT2D eigenvalue weighted by Gasteiger charge is 2.01. The molecule has 0 bridgehead atoms. The summed E-state index contributed by atoms with van der Waals surface area (Å²) in [4.78, 5) is 6.70. The largest absolute Gasteiger partial charge is 0.309 e. The third-order valence-electron chi connectivity index (χ3n) is 2.78. The molecule has 0 aliphatic carbocycles. The van der Waals surface area contributed by atoms with E-state index in [9.17, 15) is 0 Å². The molecule has 1 aromatic carbocycles. The molecule has 2 aromatic rings. The van der Waals surface area contributed by atoms with Crippen molar-refractivity contribution in [3.8, 4) is 0 Å². The second kappa shape index (κ2) is 5.08. The van der Waals surface area contributed by atoms with E-state index in [-0.39, 0.29) is 0 Å². The first-order valence-corrected chi connectivity index (χ1v) is 5.75. The topological polar surface area (TPSA) is 16.1 Å². The molecule has 0 aliphatic heterocycles. The number of pyridine rings is 1. The van der Waals surface area contributed by atoms with Gasteiger partial charge in [0.15, 0.2) is 0 Å². The van der Waals surface area contributed by atoms with Gasteiger partial charge >= 0.3 is 0 Å². The summed E-state index contributed by atoms with van der Waals surface area (Å²) in [6.45, 7) is 1.12. The zero-order chi connectivity index (χ0) is 11.4. The first-order chi connectivity index (χ1) is 7.77. The van der Waals surface area contributed by atoms with Gasteiger partial charge in [-0.3, -0.25) is 4.98 Å². The Morgan fingerprint density at radius 3 is 2.75 bits per heavy atom. The normalized spacial score (nSPS) is 11.2. The van der Waals surface area contributed by atoms with E-state index in [1.807, 2.05) is 6.20 Å². The number of hydrogen-bond donors (Lipinski definition) is 0. The number of aromatic nitrogens is 1. The van der Waals surface area contributed by atoms with E-state index in [1.165, 1.54) is 16.5 Å². The van der Waals surface area contributed by atoms with Crippen molar-refractivity contribution >= 4 is 10.8 Å². The molecular formula is C14H18N2. The molecule has 0 atom stereocenters. The molecule has 1 aromatic heterocycles. The molecule has 84 valence electrons. The number of aryl methyl sites for hydroxylation is 1. The highest BCUT2D eigenvalue weighted by Crippen LogP contribution is 2.17. The predicted molar refractivity (Wildman–Crippen MR) is 68.6 cm³/mol. The van der Waals surface area contributed by atoms with E-state index in [1.54, 1.807) is 0 Å². The Bertz CT molecular complexity index is 458. The van der Waals surface area contributed by atoms with Crippen LogP contribution in [0.15, 0.2) is 36.5 Å². The van der Waals surface area contributed by atoms with E-state index in [0.29, 0.717) is 0 Å². The maximum atomic E-state index is 4.49. The Hall–Kier alpha value is -1.41. The number of nitrogens with zero attached hydrogens (tertiary/aromatic N) is 2. The first kappa shape index (κ1) is 11.1. The molecule has 16 heavy (non-hydrogen) atoms. The smallest absolute Gasteiger partial charge is 0.0482 e. The average molecular weight is 214 g/mol. The van der Waals surface area contributed by atoms with Crippen molar-refractivity contribution in [3.05, 3.63) is 42.2 Å². The van der Waals surface area contributed by atoms with Gasteiger partial charge in [-0.25, -0.2) is 0 Å². The van der Waals surface area contributed by atoms with E-state index in [0.717, 1.165) is 19.4 Å². The highest BCUT2D eigenvalue weighted by atomic mass is 15.0. The van der Waals surface area contributed by atoms with Gasteiger partial charge in [0, 0.05) is 17.3 Å². The number of hydrogen-bond acceptors (Lipinski definition) is 2. The lowest BCUT2D eigenvalue weighted by Gasteiger charge is -2.09. The minimum atomic E-state index is 1.06. The van der Waals surface area contributed by atoms with Crippen LogP contribution in [0.2, 0.25) is 0 Å². The maximum absolute atomic E-state index is 4.49. The fourth-order valence-corrected chi connectivity index (χ4v) is 1.94. The number of benzene rings is 1. The van der Waals surface area contributed by atoms with Crippen molar-refractivity contribution in [3.63, 3.8) is 0 Å². The molecule has 2 nitrogen and oxygen atoms in total. The quantitative estimate of drug-likeness (QED) is 0.778. The lowest BCUT2D eigenvalue weighted by Crippen LogP contribution is -2.13. The Morgan fingerprint density at radius 1 is 1.12 bits per heavy atom. The molecule has 0 amide bonds. The molecule has 0 fully saturated rings. The summed E-state index contributed by atoms with van der Waals surface area (Å²) in [6, 6.07) is 10.5. The third-order valence-corrected chi connectivity index (χ3v) is 2.78. The summed E-state index contributed by atoms with van der Waals surface area (Å²) in [7, 11) is 4.22. The molecule has 2 rings (SSSR count). The average Bonchev–Trinajstić information content (AvgIpc) is 2.29. The van der Waals surface area contributed by atoms with Gasteiger partial charge in [0.1, 0.15) is 0 Å². The minimum absolute atomic E-state index is 1.06. The molecule has 0 spiro atoms. The Labute approximate surface area is 96.9 Å². The number of fused-ring (bicyclic) bond motifs is 1. The lowest BCUT2D eigenvalue weighted by molar-refractivity contribution is 0.400. The Kier molecular flexibility index (Phi) is 3.52. The summed E-state index contributed by atoms with van der Waals surface area (Å²) >= 11 is 0. The molecule has 1 heterocycles. The highest BCUT2D eigenvalue weighted by molar-refractivity contribution is 5.84. The maximum Gasteiger partial charge on any atom is 0.0482 e. The molecule has 0 unspecified atom stereocenters. The fraction of sp³-hybridized carbons (Fsp3) is 0.357. The van der Waals surface area contributed by atoms with Crippen molar-refractivity contribution in [1.82, 2.24) is 9.88 Å². The van der Waals surface area contributed by atoms with Crippen LogP contribution < -0.4 is 0 Å². The second-order valence-corrected chi connectivity index (χ2v) is 4.39. The van der Waals surface area contributed by atoms with Crippen LogP contribution in [0.4, 0.5) is 0 Å². The van der Waals surface area contributed by atoms with Gasteiger partial charge in [0.2, 0.25) is 0 Å². The second-order valence-electron chi connectivity index (χ2n) is 4.39. The van der Waals surface area contributed by atoms with Gasteiger partial charge < -0.3 is 4.90 Å². The summed E-state index contributed by atoms with van der Waals surface area (Å²) in [6.07, 6.45) is 4.13.